The Kier molecular flexibility index (Phi) is 6.07. The Hall–Kier alpha value is -4.27. The molecule has 4 rings (SSSR count). The van der Waals surface area contributed by atoms with Crippen LogP contribution in [0.25, 0.3) is 0 Å². The second kappa shape index (κ2) is 9.25. The zero-order valence-corrected chi connectivity index (χ0v) is 17.1. The maximum Gasteiger partial charge on any atom is 0.293 e. The summed E-state index contributed by atoms with van der Waals surface area (Å²) >= 11 is 0. The van der Waals surface area contributed by atoms with E-state index in [2.05, 4.69) is 15.4 Å². The number of ether oxygens (including phenoxy) is 1. The maximum atomic E-state index is 13.0. The monoisotopic (exact) mass is 434 g/mol. The normalized spacial score (nSPS) is 10.7. The summed E-state index contributed by atoms with van der Waals surface area (Å²) in [6, 6.07) is 16.0. The lowest BCUT2D eigenvalue weighted by Gasteiger charge is -2.04. The van der Waals surface area contributed by atoms with Crippen molar-refractivity contribution in [1.29, 1.82) is 0 Å². The molecule has 4 aromatic rings. The summed E-state index contributed by atoms with van der Waals surface area (Å²) < 4.78 is 25.7. The highest BCUT2D eigenvalue weighted by Crippen LogP contribution is 2.16. The Labute approximate surface area is 182 Å². The zero-order chi connectivity index (χ0) is 22.5. The Morgan fingerprint density at radius 2 is 1.81 bits per heavy atom. The number of carbonyl (C=O) groups excluding carboxylic acids is 2. The molecule has 0 saturated carbocycles. The van der Waals surface area contributed by atoms with Crippen molar-refractivity contribution in [2.24, 2.45) is 0 Å². The third-order valence-corrected chi connectivity index (χ3v) is 4.55. The van der Waals surface area contributed by atoms with Gasteiger partial charge in [-0.1, -0.05) is 12.1 Å². The fraction of sp³-hybridized carbons (Fsp3) is 0.130. The van der Waals surface area contributed by atoms with Gasteiger partial charge in [0.2, 0.25) is 5.95 Å². The summed E-state index contributed by atoms with van der Waals surface area (Å²) in [5, 5.41) is 6.75. The Morgan fingerprint density at radius 3 is 2.53 bits per heavy atom. The summed E-state index contributed by atoms with van der Waals surface area (Å²) in [4.78, 5) is 27.8. The van der Waals surface area contributed by atoms with Crippen molar-refractivity contribution < 1.29 is 23.1 Å². The number of benzene rings is 2. The third-order valence-electron chi connectivity index (χ3n) is 4.55. The number of anilines is 1. The van der Waals surface area contributed by atoms with Crippen molar-refractivity contribution in [1.82, 2.24) is 14.8 Å². The minimum atomic E-state index is -0.499. The first-order valence-corrected chi connectivity index (χ1v) is 9.74. The molecular formula is C23H19FN4O4. The minimum Gasteiger partial charge on any atom is -0.486 e. The first kappa shape index (κ1) is 21.0. The summed E-state index contributed by atoms with van der Waals surface area (Å²) in [5.74, 6) is 0.417. The number of carbonyl (C=O) groups is 2. The van der Waals surface area contributed by atoms with Crippen molar-refractivity contribution in [2.45, 2.75) is 20.1 Å². The van der Waals surface area contributed by atoms with Gasteiger partial charge in [-0.15, -0.1) is 5.10 Å². The number of ketones is 1. The Bertz CT molecular complexity index is 1230. The van der Waals surface area contributed by atoms with E-state index in [0.717, 1.165) is 5.56 Å². The van der Waals surface area contributed by atoms with E-state index >= 15 is 0 Å². The number of rotatable bonds is 8. The van der Waals surface area contributed by atoms with E-state index in [1.165, 1.54) is 36.1 Å². The lowest BCUT2D eigenvalue weighted by molar-refractivity contribution is 0.0989. The number of amides is 1. The average Bonchev–Trinajstić information content (AvgIpc) is 3.44. The number of nitrogens with one attached hydrogen (secondary N) is 1. The molecule has 0 saturated heterocycles. The summed E-state index contributed by atoms with van der Waals surface area (Å²) in [7, 11) is 0. The Balaban J connectivity index is 1.31. The zero-order valence-electron chi connectivity index (χ0n) is 17.1. The van der Waals surface area contributed by atoms with Crippen molar-refractivity contribution in [2.75, 3.05) is 5.32 Å². The molecule has 0 bridgehead atoms. The summed E-state index contributed by atoms with van der Waals surface area (Å²) in [5.41, 5.74) is 1.45. The number of aromatic nitrogens is 3. The molecule has 8 nitrogen and oxygen atoms in total. The molecule has 0 aliphatic heterocycles. The number of Topliss-reactive ketones (excluding diaryl/α,β-unsaturated/α-hetero) is 1. The fourth-order valence-corrected chi connectivity index (χ4v) is 2.89. The van der Waals surface area contributed by atoms with Gasteiger partial charge in [-0.05, 0) is 61.0 Å². The van der Waals surface area contributed by atoms with Crippen LogP contribution in [0.4, 0.5) is 10.3 Å². The van der Waals surface area contributed by atoms with E-state index in [4.69, 9.17) is 9.15 Å². The highest BCUT2D eigenvalue weighted by Gasteiger charge is 2.14. The molecule has 9 heteroatoms. The molecule has 0 spiro atoms. The van der Waals surface area contributed by atoms with E-state index in [1.807, 2.05) is 0 Å². The number of hydrogen-bond acceptors (Lipinski definition) is 6. The van der Waals surface area contributed by atoms with Gasteiger partial charge in [0.1, 0.15) is 30.3 Å². The number of furan rings is 1. The van der Waals surface area contributed by atoms with E-state index in [-0.39, 0.29) is 29.9 Å². The van der Waals surface area contributed by atoms with Crippen LogP contribution in [0.3, 0.4) is 0 Å². The molecule has 2 aromatic carbocycles. The number of nitrogens with zero attached hydrogens (tertiary/aromatic N) is 3. The van der Waals surface area contributed by atoms with Crippen LogP contribution < -0.4 is 10.1 Å². The van der Waals surface area contributed by atoms with E-state index in [0.29, 0.717) is 23.6 Å². The van der Waals surface area contributed by atoms with Crippen molar-refractivity contribution in [3.8, 4) is 5.75 Å². The predicted octanol–water partition coefficient (Wildman–Crippen LogP) is 4.09. The fourth-order valence-electron chi connectivity index (χ4n) is 2.89. The lowest BCUT2D eigenvalue weighted by atomic mass is 10.1. The SMILES string of the molecule is CC(=O)c1ccc(OCc2ccc(C(=O)Nc3ncn(Cc4ccc(F)cc4)n3)o2)cc1. The van der Waals surface area contributed by atoms with Crippen LogP contribution in [0, 0.1) is 5.82 Å². The molecular weight excluding hydrogens is 415 g/mol. The molecule has 32 heavy (non-hydrogen) atoms. The molecule has 0 aliphatic carbocycles. The molecule has 0 aliphatic rings. The molecule has 162 valence electrons. The number of halogens is 1. The molecule has 0 atom stereocenters. The van der Waals surface area contributed by atoms with E-state index in [9.17, 15) is 14.0 Å². The lowest BCUT2D eigenvalue weighted by Crippen LogP contribution is -2.12. The first-order chi connectivity index (χ1) is 15.5. The summed E-state index contributed by atoms with van der Waals surface area (Å²) in [6.07, 6.45) is 1.47. The van der Waals surface area contributed by atoms with Crippen molar-refractivity contribution >= 4 is 17.6 Å². The van der Waals surface area contributed by atoms with Crippen LogP contribution in [0.15, 0.2) is 71.4 Å². The van der Waals surface area contributed by atoms with E-state index < -0.39 is 5.91 Å². The molecule has 2 heterocycles. The van der Waals surface area contributed by atoms with Crippen LogP contribution in [0.2, 0.25) is 0 Å². The second-order valence-corrected chi connectivity index (χ2v) is 6.98. The Morgan fingerprint density at radius 1 is 1.06 bits per heavy atom. The summed E-state index contributed by atoms with van der Waals surface area (Å²) in [6.45, 7) is 2.01. The topological polar surface area (TPSA) is 99.2 Å². The largest absolute Gasteiger partial charge is 0.486 e. The van der Waals surface area contributed by atoms with Crippen LogP contribution >= 0.6 is 0 Å². The van der Waals surface area contributed by atoms with Crippen LogP contribution in [0.1, 0.15) is 39.2 Å². The van der Waals surface area contributed by atoms with Gasteiger partial charge < -0.3 is 9.15 Å². The van der Waals surface area contributed by atoms with Crippen molar-refractivity contribution in [3.63, 3.8) is 0 Å². The van der Waals surface area contributed by atoms with Crippen LogP contribution in [-0.4, -0.2) is 26.5 Å². The maximum absolute atomic E-state index is 13.0. The van der Waals surface area contributed by atoms with Gasteiger partial charge in [0, 0.05) is 5.56 Å². The van der Waals surface area contributed by atoms with Gasteiger partial charge in [-0.2, -0.15) is 0 Å². The smallest absolute Gasteiger partial charge is 0.293 e. The molecule has 1 N–H and O–H groups in total. The number of hydrogen-bond donors (Lipinski definition) is 1. The van der Waals surface area contributed by atoms with Gasteiger partial charge in [-0.3, -0.25) is 14.9 Å². The average molecular weight is 434 g/mol. The minimum absolute atomic E-state index is 0.0204. The molecule has 0 fully saturated rings. The standard InChI is InChI=1S/C23H19FN4O4/c1-15(29)17-4-8-19(9-5-17)31-13-20-10-11-21(32-20)22(30)26-23-25-14-28(27-23)12-16-2-6-18(24)7-3-16/h2-11,14H,12-13H2,1H3,(H,26,27,30). The predicted molar refractivity (Wildman–Crippen MR) is 113 cm³/mol. The van der Waals surface area contributed by atoms with Crippen LogP contribution in [0.5, 0.6) is 5.75 Å². The van der Waals surface area contributed by atoms with Gasteiger partial charge >= 0.3 is 0 Å². The van der Waals surface area contributed by atoms with Gasteiger partial charge in [0.05, 0.1) is 6.54 Å². The van der Waals surface area contributed by atoms with Crippen LogP contribution in [-0.2, 0) is 13.2 Å². The first-order valence-electron chi connectivity index (χ1n) is 9.74. The van der Waals surface area contributed by atoms with Crippen molar-refractivity contribution in [3.05, 3.63) is 95.5 Å². The molecule has 0 radical (unpaired) electrons. The van der Waals surface area contributed by atoms with Gasteiger partial charge in [-0.25, -0.2) is 14.1 Å². The van der Waals surface area contributed by atoms with E-state index in [1.54, 1.807) is 42.5 Å². The quantitative estimate of drug-likeness (QED) is 0.419. The van der Waals surface area contributed by atoms with Gasteiger partial charge in [0.25, 0.3) is 5.91 Å². The molecule has 0 unspecified atom stereocenters. The highest BCUT2D eigenvalue weighted by atomic mass is 19.1. The molecule has 2 aromatic heterocycles. The second-order valence-electron chi connectivity index (χ2n) is 6.98. The molecule has 1 amide bonds. The van der Waals surface area contributed by atoms with Gasteiger partial charge in [0.15, 0.2) is 11.5 Å². The highest BCUT2D eigenvalue weighted by molar-refractivity contribution is 6.01. The third kappa shape index (κ3) is 5.25.